The third-order valence-electron chi connectivity index (χ3n) is 3.06. The molecule has 0 saturated heterocycles. The second-order valence-electron chi connectivity index (χ2n) is 4.52. The lowest BCUT2D eigenvalue weighted by molar-refractivity contribution is -0.133. The number of halogens is 3. The highest BCUT2D eigenvalue weighted by Gasteiger charge is 2.26. The van der Waals surface area contributed by atoms with Crippen molar-refractivity contribution in [1.29, 1.82) is 0 Å². The molecule has 1 aliphatic heterocycles. The molecule has 2 N–H and O–H groups in total. The lowest BCUT2D eigenvalue weighted by Crippen LogP contribution is -2.22. The summed E-state index contributed by atoms with van der Waals surface area (Å²) in [5.74, 6) is 0. The van der Waals surface area contributed by atoms with Gasteiger partial charge >= 0.3 is 6.18 Å². The van der Waals surface area contributed by atoms with Gasteiger partial charge in [0.05, 0.1) is 6.42 Å². The van der Waals surface area contributed by atoms with E-state index in [2.05, 4.69) is 16.7 Å². The first-order valence-electron chi connectivity index (χ1n) is 6.18. The number of rotatable bonds is 4. The molecule has 1 heterocycles. The molecule has 0 fully saturated rings. The molecule has 0 amide bonds. The van der Waals surface area contributed by atoms with Gasteiger partial charge in [-0.1, -0.05) is 18.2 Å². The fourth-order valence-electron chi connectivity index (χ4n) is 2.18. The topological polar surface area (TPSA) is 24.1 Å². The van der Waals surface area contributed by atoms with Gasteiger partial charge in [-0.15, -0.1) is 0 Å². The maximum absolute atomic E-state index is 12.0. The Morgan fingerprint density at radius 1 is 1.28 bits per heavy atom. The van der Waals surface area contributed by atoms with Gasteiger partial charge in [0.1, 0.15) is 0 Å². The fraction of sp³-hybridized carbons (Fsp3) is 0.538. The Labute approximate surface area is 105 Å². The smallest absolute Gasteiger partial charge is 0.385 e. The Morgan fingerprint density at radius 3 is 2.89 bits per heavy atom. The van der Waals surface area contributed by atoms with Crippen LogP contribution in [0.5, 0.6) is 0 Å². The quantitative estimate of drug-likeness (QED) is 0.811. The first-order chi connectivity index (χ1) is 8.56. The van der Waals surface area contributed by atoms with Crippen LogP contribution in [0.2, 0.25) is 0 Å². The van der Waals surface area contributed by atoms with E-state index >= 15 is 0 Å². The molecule has 0 saturated carbocycles. The number of benzene rings is 1. The first-order valence-corrected chi connectivity index (χ1v) is 6.18. The predicted octanol–water partition coefficient (Wildman–Crippen LogP) is 3.09. The Kier molecular flexibility index (Phi) is 4.11. The Morgan fingerprint density at radius 2 is 2.11 bits per heavy atom. The average Bonchev–Trinajstić information content (AvgIpc) is 2.33. The number of para-hydroxylation sites is 1. The minimum atomic E-state index is -4.08. The van der Waals surface area contributed by atoms with Gasteiger partial charge < -0.3 is 10.6 Å². The van der Waals surface area contributed by atoms with E-state index in [-0.39, 0.29) is 6.54 Å². The van der Waals surface area contributed by atoms with Gasteiger partial charge in [-0.05, 0) is 24.0 Å². The summed E-state index contributed by atoms with van der Waals surface area (Å²) in [4.78, 5) is 0. The van der Waals surface area contributed by atoms with Crippen LogP contribution < -0.4 is 10.6 Å². The standard InChI is InChI=1S/C13H17F3N2/c14-13(15,16)6-8-17-9-11-4-1-3-10-5-2-7-18-12(10)11/h1,3-4,17-18H,2,5-9H2. The molecular formula is C13H17F3N2. The number of fused-ring (bicyclic) bond motifs is 1. The monoisotopic (exact) mass is 258 g/mol. The minimum absolute atomic E-state index is 0.0346. The number of hydrogen-bond donors (Lipinski definition) is 2. The van der Waals surface area contributed by atoms with Crippen molar-refractivity contribution in [2.24, 2.45) is 0 Å². The van der Waals surface area contributed by atoms with Crippen molar-refractivity contribution in [3.05, 3.63) is 29.3 Å². The van der Waals surface area contributed by atoms with E-state index < -0.39 is 12.6 Å². The van der Waals surface area contributed by atoms with Crippen molar-refractivity contribution in [3.63, 3.8) is 0 Å². The molecule has 1 aromatic rings. The summed E-state index contributed by atoms with van der Waals surface area (Å²) in [7, 11) is 0. The van der Waals surface area contributed by atoms with Crippen molar-refractivity contribution < 1.29 is 13.2 Å². The van der Waals surface area contributed by atoms with Crippen molar-refractivity contribution in [1.82, 2.24) is 5.32 Å². The molecule has 5 heteroatoms. The van der Waals surface area contributed by atoms with E-state index in [0.717, 1.165) is 30.6 Å². The van der Waals surface area contributed by atoms with Crippen LogP contribution in [0, 0.1) is 0 Å². The molecule has 0 bridgehead atoms. The lowest BCUT2D eigenvalue weighted by Gasteiger charge is -2.21. The highest BCUT2D eigenvalue weighted by molar-refractivity contribution is 5.59. The normalized spacial score (nSPS) is 15.1. The van der Waals surface area contributed by atoms with Gasteiger partial charge in [0, 0.05) is 25.3 Å². The maximum Gasteiger partial charge on any atom is 0.390 e. The minimum Gasteiger partial charge on any atom is -0.385 e. The molecule has 100 valence electrons. The summed E-state index contributed by atoms with van der Waals surface area (Å²) in [6, 6.07) is 5.99. The summed E-state index contributed by atoms with van der Waals surface area (Å²) in [6.45, 7) is 1.38. The summed E-state index contributed by atoms with van der Waals surface area (Å²) in [5.41, 5.74) is 3.41. The van der Waals surface area contributed by atoms with E-state index in [0.29, 0.717) is 6.54 Å². The zero-order chi connectivity index (χ0) is 13.0. The number of hydrogen-bond acceptors (Lipinski definition) is 2. The van der Waals surface area contributed by atoms with Crippen LogP contribution in [0.1, 0.15) is 24.0 Å². The Balaban J connectivity index is 1.90. The molecule has 1 aliphatic rings. The molecule has 0 aliphatic carbocycles. The van der Waals surface area contributed by atoms with Crippen LogP contribution in [-0.4, -0.2) is 19.3 Å². The average molecular weight is 258 g/mol. The van der Waals surface area contributed by atoms with E-state index in [9.17, 15) is 13.2 Å². The number of alkyl halides is 3. The van der Waals surface area contributed by atoms with Crippen LogP contribution in [0.4, 0.5) is 18.9 Å². The van der Waals surface area contributed by atoms with Crippen LogP contribution in [0.3, 0.4) is 0 Å². The second-order valence-corrected chi connectivity index (χ2v) is 4.52. The molecule has 0 atom stereocenters. The first kappa shape index (κ1) is 13.2. The molecule has 0 unspecified atom stereocenters. The van der Waals surface area contributed by atoms with Crippen molar-refractivity contribution in [2.45, 2.75) is 32.0 Å². The SMILES string of the molecule is FC(F)(F)CCNCc1cccc2c1NCCC2. The molecule has 2 rings (SSSR count). The molecule has 2 nitrogen and oxygen atoms in total. The van der Waals surface area contributed by atoms with Gasteiger partial charge in [0.2, 0.25) is 0 Å². The summed E-state index contributed by atoms with van der Waals surface area (Å²) in [6.07, 6.45) is -2.71. The largest absolute Gasteiger partial charge is 0.390 e. The molecule has 0 radical (unpaired) electrons. The highest BCUT2D eigenvalue weighted by atomic mass is 19.4. The Bertz CT molecular complexity index is 402. The fourth-order valence-corrected chi connectivity index (χ4v) is 2.18. The van der Waals surface area contributed by atoms with Gasteiger partial charge in [0.25, 0.3) is 0 Å². The van der Waals surface area contributed by atoms with E-state index in [1.807, 2.05) is 12.1 Å². The van der Waals surface area contributed by atoms with Gasteiger partial charge in [0.15, 0.2) is 0 Å². The maximum atomic E-state index is 12.0. The molecule has 0 aromatic heterocycles. The zero-order valence-electron chi connectivity index (χ0n) is 10.1. The van der Waals surface area contributed by atoms with E-state index in [1.54, 1.807) is 0 Å². The second kappa shape index (κ2) is 5.61. The summed E-state index contributed by atoms with van der Waals surface area (Å²) >= 11 is 0. The van der Waals surface area contributed by atoms with Crippen LogP contribution in [0.25, 0.3) is 0 Å². The number of nitrogens with one attached hydrogen (secondary N) is 2. The van der Waals surface area contributed by atoms with Crippen molar-refractivity contribution >= 4 is 5.69 Å². The molecular weight excluding hydrogens is 241 g/mol. The van der Waals surface area contributed by atoms with Gasteiger partial charge in [-0.25, -0.2) is 0 Å². The number of anilines is 1. The van der Waals surface area contributed by atoms with E-state index in [1.165, 1.54) is 5.56 Å². The third kappa shape index (κ3) is 3.63. The highest BCUT2D eigenvalue weighted by Crippen LogP contribution is 2.26. The molecule has 18 heavy (non-hydrogen) atoms. The Hall–Kier alpha value is -1.23. The van der Waals surface area contributed by atoms with Crippen LogP contribution in [-0.2, 0) is 13.0 Å². The van der Waals surface area contributed by atoms with Gasteiger partial charge in [-0.3, -0.25) is 0 Å². The van der Waals surface area contributed by atoms with Gasteiger partial charge in [-0.2, -0.15) is 13.2 Å². The van der Waals surface area contributed by atoms with Crippen molar-refractivity contribution in [3.8, 4) is 0 Å². The van der Waals surface area contributed by atoms with Crippen LogP contribution in [0.15, 0.2) is 18.2 Å². The predicted molar refractivity (Wildman–Crippen MR) is 65.6 cm³/mol. The summed E-state index contributed by atoms with van der Waals surface area (Å²) < 4.78 is 36.0. The molecule has 1 aromatic carbocycles. The zero-order valence-corrected chi connectivity index (χ0v) is 10.1. The van der Waals surface area contributed by atoms with E-state index in [4.69, 9.17) is 0 Å². The lowest BCUT2D eigenvalue weighted by atomic mass is 9.99. The summed E-state index contributed by atoms with van der Waals surface area (Å²) in [5, 5.41) is 6.17. The molecule has 0 spiro atoms. The third-order valence-corrected chi connectivity index (χ3v) is 3.06. The van der Waals surface area contributed by atoms with Crippen LogP contribution >= 0.6 is 0 Å². The number of aryl methyl sites for hydroxylation is 1. The van der Waals surface area contributed by atoms with Crippen molar-refractivity contribution in [2.75, 3.05) is 18.4 Å².